The Morgan fingerprint density at radius 2 is 1.85 bits per heavy atom. The number of ether oxygens (including phenoxy) is 2. The third-order valence-electron chi connectivity index (χ3n) is 7.38. The molecule has 41 heavy (non-hydrogen) atoms. The maximum absolute atomic E-state index is 13.6. The van der Waals surface area contributed by atoms with Gasteiger partial charge < -0.3 is 25.2 Å². The molecule has 3 aromatic rings. The molecule has 1 aliphatic carbocycles. The zero-order valence-corrected chi connectivity index (χ0v) is 24.4. The normalized spacial score (nSPS) is 16.9. The number of nitrogen functional groups attached to an aromatic ring is 1. The predicted octanol–water partition coefficient (Wildman–Crippen LogP) is 2.67. The van der Waals surface area contributed by atoms with E-state index in [0.717, 1.165) is 12.8 Å². The van der Waals surface area contributed by atoms with Gasteiger partial charge in [0, 0.05) is 36.6 Å². The lowest BCUT2D eigenvalue weighted by molar-refractivity contribution is 0.202. The van der Waals surface area contributed by atoms with Gasteiger partial charge in [0.05, 0.1) is 36.5 Å². The second-order valence-electron chi connectivity index (χ2n) is 10.7. The molecular weight excluding hydrogens is 570 g/mol. The highest BCUT2D eigenvalue weighted by molar-refractivity contribution is 7.88. The Morgan fingerprint density at radius 3 is 2.51 bits per heavy atom. The van der Waals surface area contributed by atoms with E-state index in [1.54, 1.807) is 48.7 Å². The summed E-state index contributed by atoms with van der Waals surface area (Å²) in [6.45, 7) is 3.70. The van der Waals surface area contributed by atoms with E-state index >= 15 is 0 Å². The largest absolute Gasteiger partial charge is 0.489 e. The SMILES string of the molecule is CC1(COc2c(N3CCN(S(=O)(=O)Cc4ccc(OCCO)c(N)c4)CC3)cnn(-c3cccc(Cl)c3)c2=O)CC1. The van der Waals surface area contributed by atoms with Crippen molar-refractivity contribution in [2.75, 3.05) is 56.6 Å². The summed E-state index contributed by atoms with van der Waals surface area (Å²) in [5.74, 6) is 0.388. The molecule has 220 valence electrons. The zero-order valence-electron chi connectivity index (χ0n) is 22.8. The van der Waals surface area contributed by atoms with Crippen molar-refractivity contribution in [1.82, 2.24) is 14.1 Å². The first-order valence-corrected chi connectivity index (χ1v) is 15.4. The molecular formula is C28H34ClN5O6S. The quantitative estimate of drug-likeness (QED) is 0.317. The molecule has 2 fully saturated rings. The summed E-state index contributed by atoms with van der Waals surface area (Å²) in [6, 6.07) is 11.7. The minimum atomic E-state index is -3.63. The summed E-state index contributed by atoms with van der Waals surface area (Å²) in [6.07, 6.45) is 3.67. The number of piperazine rings is 1. The summed E-state index contributed by atoms with van der Waals surface area (Å²) in [4.78, 5) is 15.5. The lowest BCUT2D eigenvalue weighted by Gasteiger charge is -2.35. The van der Waals surface area contributed by atoms with Crippen molar-refractivity contribution in [3.63, 3.8) is 0 Å². The molecule has 0 amide bonds. The summed E-state index contributed by atoms with van der Waals surface area (Å²) < 4.78 is 40.7. The standard InChI is InChI=1S/C28H34ClN5O6S/c1-28(7-8-28)19-40-26-24(17-31-34(27(26)36)22-4-2-3-21(29)16-22)32-9-11-33(12-10-32)41(37,38)18-20-5-6-25(23(30)15-20)39-14-13-35/h2-6,15-17,35H,7-14,18-19,30H2,1H3. The van der Waals surface area contributed by atoms with Gasteiger partial charge in [0.1, 0.15) is 18.0 Å². The van der Waals surface area contributed by atoms with Gasteiger partial charge in [-0.1, -0.05) is 30.7 Å². The summed E-state index contributed by atoms with van der Waals surface area (Å²) in [5.41, 5.74) is 7.58. The van der Waals surface area contributed by atoms with Crippen LogP contribution in [0, 0.1) is 5.41 Å². The number of benzene rings is 2. The van der Waals surface area contributed by atoms with Gasteiger partial charge in [0.15, 0.2) is 0 Å². The number of rotatable bonds is 11. The van der Waals surface area contributed by atoms with Crippen LogP contribution in [0.2, 0.25) is 5.02 Å². The number of hydrogen-bond acceptors (Lipinski definition) is 9. The van der Waals surface area contributed by atoms with Crippen LogP contribution < -0.4 is 25.7 Å². The fraction of sp³-hybridized carbons (Fsp3) is 0.429. The summed E-state index contributed by atoms with van der Waals surface area (Å²) in [7, 11) is -3.63. The van der Waals surface area contributed by atoms with Gasteiger partial charge in [-0.2, -0.15) is 14.1 Å². The average Bonchev–Trinajstić information content (AvgIpc) is 3.68. The summed E-state index contributed by atoms with van der Waals surface area (Å²) >= 11 is 6.15. The fourth-order valence-electron chi connectivity index (χ4n) is 4.67. The van der Waals surface area contributed by atoms with Crippen molar-refractivity contribution in [3.8, 4) is 17.2 Å². The molecule has 1 saturated heterocycles. The molecule has 3 N–H and O–H groups in total. The van der Waals surface area contributed by atoms with Crippen molar-refractivity contribution in [3.05, 3.63) is 69.6 Å². The molecule has 0 bridgehead atoms. The van der Waals surface area contributed by atoms with Crippen LogP contribution in [-0.4, -0.2) is 73.6 Å². The molecule has 0 radical (unpaired) electrons. The number of anilines is 2. The van der Waals surface area contributed by atoms with E-state index in [4.69, 9.17) is 31.9 Å². The predicted molar refractivity (Wildman–Crippen MR) is 158 cm³/mol. The smallest absolute Gasteiger partial charge is 0.316 e. The molecule has 0 unspecified atom stereocenters. The second kappa shape index (κ2) is 11.9. The van der Waals surface area contributed by atoms with Crippen LogP contribution in [0.1, 0.15) is 25.3 Å². The van der Waals surface area contributed by atoms with E-state index in [-0.39, 0.29) is 43.2 Å². The maximum Gasteiger partial charge on any atom is 0.316 e. The van der Waals surface area contributed by atoms with Gasteiger partial charge in [-0.25, -0.2) is 8.42 Å². The molecule has 1 aromatic heterocycles. The van der Waals surface area contributed by atoms with E-state index in [0.29, 0.717) is 53.1 Å². The van der Waals surface area contributed by atoms with Crippen molar-refractivity contribution >= 4 is 33.0 Å². The van der Waals surface area contributed by atoms with Gasteiger partial charge in [-0.15, -0.1) is 0 Å². The number of aliphatic hydroxyl groups is 1. The molecule has 0 spiro atoms. The van der Waals surface area contributed by atoms with Gasteiger partial charge in [-0.05, 0) is 48.7 Å². The van der Waals surface area contributed by atoms with Crippen molar-refractivity contribution < 1.29 is 23.0 Å². The Morgan fingerprint density at radius 1 is 1.10 bits per heavy atom. The molecule has 1 saturated carbocycles. The third-order valence-corrected chi connectivity index (χ3v) is 9.47. The fourth-order valence-corrected chi connectivity index (χ4v) is 6.36. The molecule has 5 rings (SSSR count). The lowest BCUT2D eigenvalue weighted by Crippen LogP contribution is -2.49. The minimum absolute atomic E-state index is 0.0488. The number of nitrogens with zero attached hydrogens (tertiary/aromatic N) is 4. The Labute approximate surface area is 244 Å². The number of hydrogen-bond donors (Lipinski definition) is 2. The van der Waals surface area contributed by atoms with Gasteiger partial charge in [0.2, 0.25) is 15.8 Å². The Kier molecular flexibility index (Phi) is 8.46. The molecule has 2 aromatic carbocycles. The first-order chi connectivity index (χ1) is 19.6. The average molecular weight is 604 g/mol. The summed E-state index contributed by atoms with van der Waals surface area (Å²) in [5, 5.41) is 13.8. The van der Waals surface area contributed by atoms with Crippen LogP contribution in [0.15, 0.2) is 53.5 Å². The maximum atomic E-state index is 13.6. The molecule has 2 heterocycles. The highest BCUT2D eigenvalue weighted by Crippen LogP contribution is 2.45. The van der Waals surface area contributed by atoms with Crippen LogP contribution in [0.25, 0.3) is 5.69 Å². The van der Waals surface area contributed by atoms with E-state index in [1.165, 1.54) is 8.99 Å². The van der Waals surface area contributed by atoms with Crippen molar-refractivity contribution in [2.24, 2.45) is 5.41 Å². The molecule has 2 aliphatic rings. The van der Waals surface area contributed by atoms with Crippen molar-refractivity contribution in [1.29, 1.82) is 0 Å². The van der Waals surface area contributed by atoms with E-state index in [9.17, 15) is 13.2 Å². The Hall–Kier alpha value is -3.32. The van der Waals surface area contributed by atoms with Crippen LogP contribution in [0.5, 0.6) is 11.5 Å². The topological polar surface area (TPSA) is 140 Å². The van der Waals surface area contributed by atoms with Crippen LogP contribution in [-0.2, 0) is 15.8 Å². The van der Waals surface area contributed by atoms with Gasteiger partial charge >= 0.3 is 5.56 Å². The number of nitrogens with two attached hydrogens (primary N) is 1. The van der Waals surface area contributed by atoms with Crippen LogP contribution in [0.4, 0.5) is 11.4 Å². The van der Waals surface area contributed by atoms with Gasteiger partial charge in [-0.3, -0.25) is 4.79 Å². The molecule has 0 atom stereocenters. The van der Waals surface area contributed by atoms with E-state index in [2.05, 4.69) is 12.0 Å². The Bertz CT molecular complexity index is 1570. The highest BCUT2D eigenvalue weighted by Gasteiger charge is 2.39. The number of aromatic nitrogens is 2. The monoisotopic (exact) mass is 603 g/mol. The molecule has 11 nitrogen and oxygen atoms in total. The second-order valence-corrected chi connectivity index (χ2v) is 13.1. The number of aliphatic hydroxyl groups excluding tert-OH is 1. The van der Waals surface area contributed by atoms with Crippen LogP contribution >= 0.6 is 11.6 Å². The lowest BCUT2D eigenvalue weighted by atomic mass is 10.2. The molecule has 13 heteroatoms. The van der Waals surface area contributed by atoms with E-state index in [1.807, 2.05) is 4.90 Å². The molecule has 1 aliphatic heterocycles. The third kappa shape index (κ3) is 6.78. The van der Waals surface area contributed by atoms with Crippen LogP contribution in [0.3, 0.4) is 0 Å². The highest BCUT2D eigenvalue weighted by atomic mass is 35.5. The first kappa shape index (κ1) is 29.2. The van der Waals surface area contributed by atoms with Crippen molar-refractivity contribution in [2.45, 2.75) is 25.5 Å². The van der Waals surface area contributed by atoms with Gasteiger partial charge in [0.25, 0.3) is 0 Å². The zero-order chi connectivity index (χ0) is 29.2. The number of halogens is 1. The Balaban J connectivity index is 1.32. The minimum Gasteiger partial charge on any atom is -0.489 e. The first-order valence-electron chi connectivity index (χ1n) is 13.4. The van der Waals surface area contributed by atoms with E-state index < -0.39 is 15.6 Å². The number of sulfonamides is 1.